The standard InChI is InChI=1S/C11H23NO2/c1-2-3-4-5-7-12-9-11(13)6-8-14-10-11/h12-13H,2-10H2,1H3. The molecule has 0 aromatic heterocycles. The first-order chi connectivity index (χ1) is 6.77. The molecule has 1 atom stereocenters. The molecule has 0 bridgehead atoms. The van der Waals surface area contributed by atoms with E-state index in [0.717, 1.165) is 13.0 Å². The zero-order chi connectivity index (χ0) is 10.3. The predicted octanol–water partition coefficient (Wildman–Crippen LogP) is 1.31. The van der Waals surface area contributed by atoms with Crippen molar-refractivity contribution in [1.82, 2.24) is 5.32 Å². The van der Waals surface area contributed by atoms with Crippen LogP contribution in [0.2, 0.25) is 0 Å². The molecule has 1 saturated heterocycles. The van der Waals surface area contributed by atoms with Gasteiger partial charge >= 0.3 is 0 Å². The molecule has 0 amide bonds. The van der Waals surface area contributed by atoms with Crippen LogP contribution in [0.3, 0.4) is 0 Å². The summed E-state index contributed by atoms with van der Waals surface area (Å²) < 4.78 is 5.17. The average Bonchev–Trinajstić information content (AvgIpc) is 2.59. The third kappa shape index (κ3) is 4.40. The van der Waals surface area contributed by atoms with E-state index in [1.807, 2.05) is 0 Å². The van der Waals surface area contributed by atoms with Gasteiger partial charge in [-0.3, -0.25) is 0 Å². The van der Waals surface area contributed by atoms with E-state index in [4.69, 9.17) is 4.74 Å². The molecule has 1 aliphatic heterocycles. The lowest BCUT2D eigenvalue weighted by molar-refractivity contribution is 0.0272. The summed E-state index contributed by atoms with van der Waals surface area (Å²) in [6.07, 6.45) is 5.87. The van der Waals surface area contributed by atoms with Crippen molar-refractivity contribution in [2.75, 3.05) is 26.3 Å². The molecular weight excluding hydrogens is 178 g/mol. The number of nitrogens with one attached hydrogen (secondary N) is 1. The van der Waals surface area contributed by atoms with E-state index < -0.39 is 5.60 Å². The normalized spacial score (nSPS) is 27.0. The van der Waals surface area contributed by atoms with Crippen molar-refractivity contribution in [1.29, 1.82) is 0 Å². The minimum atomic E-state index is -0.593. The van der Waals surface area contributed by atoms with Crippen LogP contribution in [-0.2, 0) is 4.74 Å². The molecule has 0 spiro atoms. The van der Waals surface area contributed by atoms with Gasteiger partial charge < -0.3 is 15.2 Å². The highest BCUT2D eigenvalue weighted by Gasteiger charge is 2.31. The SMILES string of the molecule is CCCCCCNCC1(O)CCOC1. The molecule has 1 rings (SSSR count). The van der Waals surface area contributed by atoms with Gasteiger partial charge in [-0.2, -0.15) is 0 Å². The third-order valence-corrected chi connectivity index (χ3v) is 2.74. The number of hydrogen-bond donors (Lipinski definition) is 2. The Kier molecular flexibility index (Phi) is 5.45. The second-order valence-corrected chi connectivity index (χ2v) is 4.26. The van der Waals surface area contributed by atoms with E-state index in [1.54, 1.807) is 0 Å². The summed E-state index contributed by atoms with van der Waals surface area (Å²) in [6, 6.07) is 0. The lowest BCUT2D eigenvalue weighted by Gasteiger charge is -2.20. The van der Waals surface area contributed by atoms with E-state index in [9.17, 15) is 5.11 Å². The molecule has 1 fully saturated rings. The first-order valence-corrected chi connectivity index (χ1v) is 5.78. The largest absolute Gasteiger partial charge is 0.386 e. The second kappa shape index (κ2) is 6.38. The number of hydrogen-bond acceptors (Lipinski definition) is 3. The molecule has 0 aromatic carbocycles. The van der Waals surface area contributed by atoms with Crippen LogP contribution in [0.5, 0.6) is 0 Å². The van der Waals surface area contributed by atoms with Gasteiger partial charge in [0.2, 0.25) is 0 Å². The molecule has 84 valence electrons. The molecule has 1 unspecified atom stereocenters. The maximum absolute atomic E-state index is 9.91. The van der Waals surface area contributed by atoms with Crippen LogP contribution in [0.15, 0.2) is 0 Å². The van der Waals surface area contributed by atoms with Crippen LogP contribution < -0.4 is 5.32 Å². The monoisotopic (exact) mass is 201 g/mol. The highest BCUT2D eigenvalue weighted by Crippen LogP contribution is 2.16. The Hall–Kier alpha value is -0.120. The van der Waals surface area contributed by atoms with Gasteiger partial charge in [-0.05, 0) is 13.0 Å². The zero-order valence-corrected chi connectivity index (χ0v) is 9.22. The van der Waals surface area contributed by atoms with Crippen molar-refractivity contribution < 1.29 is 9.84 Å². The van der Waals surface area contributed by atoms with Gasteiger partial charge in [0.15, 0.2) is 0 Å². The Balaban J connectivity index is 1.92. The highest BCUT2D eigenvalue weighted by atomic mass is 16.5. The summed E-state index contributed by atoms with van der Waals surface area (Å²) in [6.45, 7) is 5.11. The van der Waals surface area contributed by atoms with Crippen LogP contribution >= 0.6 is 0 Å². The van der Waals surface area contributed by atoms with Crippen molar-refractivity contribution in [3.05, 3.63) is 0 Å². The van der Waals surface area contributed by atoms with Gasteiger partial charge in [-0.25, -0.2) is 0 Å². The smallest absolute Gasteiger partial charge is 0.102 e. The lowest BCUT2D eigenvalue weighted by Crippen LogP contribution is -2.41. The molecule has 0 radical (unpaired) electrons. The van der Waals surface area contributed by atoms with Gasteiger partial charge in [-0.15, -0.1) is 0 Å². The Morgan fingerprint density at radius 1 is 1.36 bits per heavy atom. The van der Waals surface area contributed by atoms with Crippen LogP contribution in [-0.4, -0.2) is 37.0 Å². The van der Waals surface area contributed by atoms with Gasteiger partial charge in [0.25, 0.3) is 0 Å². The Labute approximate surface area is 86.8 Å². The predicted molar refractivity (Wildman–Crippen MR) is 57.4 cm³/mol. The fraction of sp³-hybridized carbons (Fsp3) is 1.00. The third-order valence-electron chi connectivity index (χ3n) is 2.74. The number of ether oxygens (including phenoxy) is 1. The molecule has 1 heterocycles. The summed E-state index contributed by atoms with van der Waals surface area (Å²) in [5, 5.41) is 13.2. The zero-order valence-electron chi connectivity index (χ0n) is 9.22. The van der Waals surface area contributed by atoms with E-state index in [2.05, 4.69) is 12.2 Å². The summed E-state index contributed by atoms with van der Waals surface area (Å²) in [7, 11) is 0. The van der Waals surface area contributed by atoms with Crippen molar-refractivity contribution in [2.24, 2.45) is 0 Å². The van der Waals surface area contributed by atoms with E-state index in [1.165, 1.54) is 25.7 Å². The second-order valence-electron chi connectivity index (χ2n) is 4.26. The highest BCUT2D eigenvalue weighted by molar-refractivity contribution is 4.84. The minimum absolute atomic E-state index is 0.495. The summed E-state index contributed by atoms with van der Waals surface area (Å²) >= 11 is 0. The topological polar surface area (TPSA) is 41.5 Å². The summed E-state index contributed by atoms with van der Waals surface area (Å²) in [5.41, 5.74) is -0.593. The molecular formula is C11H23NO2. The fourth-order valence-corrected chi connectivity index (χ4v) is 1.73. The number of aliphatic hydroxyl groups is 1. The van der Waals surface area contributed by atoms with Gasteiger partial charge in [-0.1, -0.05) is 26.2 Å². The van der Waals surface area contributed by atoms with E-state index in [-0.39, 0.29) is 0 Å². The Morgan fingerprint density at radius 2 is 2.21 bits per heavy atom. The number of rotatable bonds is 7. The molecule has 14 heavy (non-hydrogen) atoms. The van der Waals surface area contributed by atoms with Crippen LogP contribution in [0.25, 0.3) is 0 Å². The Bertz CT molecular complexity index is 144. The first-order valence-electron chi connectivity index (χ1n) is 5.78. The van der Waals surface area contributed by atoms with Crippen LogP contribution in [0.4, 0.5) is 0 Å². The molecule has 3 heteroatoms. The summed E-state index contributed by atoms with van der Waals surface area (Å²) in [5.74, 6) is 0. The molecule has 2 N–H and O–H groups in total. The lowest BCUT2D eigenvalue weighted by atomic mass is 10.0. The minimum Gasteiger partial charge on any atom is -0.386 e. The quantitative estimate of drug-likeness (QED) is 0.610. The van der Waals surface area contributed by atoms with Gasteiger partial charge in [0.1, 0.15) is 5.60 Å². The molecule has 0 aliphatic carbocycles. The fourth-order valence-electron chi connectivity index (χ4n) is 1.73. The van der Waals surface area contributed by atoms with Crippen molar-refractivity contribution in [3.63, 3.8) is 0 Å². The first kappa shape index (κ1) is 12.0. The van der Waals surface area contributed by atoms with Gasteiger partial charge in [0, 0.05) is 19.6 Å². The van der Waals surface area contributed by atoms with Gasteiger partial charge in [0.05, 0.1) is 6.61 Å². The molecule has 0 aromatic rings. The summed E-state index contributed by atoms with van der Waals surface area (Å²) in [4.78, 5) is 0. The van der Waals surface area contributed by atoms with Crippen molar-refractivity contribution in [2.45, 2.75) is 44.6 Å². The van der Waals surface area contributed by atoms with E-state index >= 15 is 0 Å². The van der Waals surface area contributed by atoms with E-state index in [0.29, 0.717) is 19.8 Å². The molecule has 0 saturated carbocycles. The van der Waals surface area contributed by atoms with Crippen molar-refractivity contribution >= 4 is 0 Å². The van der Waals surface area contributed by atoms with Crippen molar-refractivity contribution in [3.8, 4) is 0 Å². The number of unbranched alkanes of at least 4 members (excludes halogenated alkanes) is 3. The maximum atomic E-state index is 9.91. The van der Waals surface area contributed by atoms with Crippen LogP contribution in [0.1, 0.15) is 39.0 Å². The molecule has 1 aliphatic rings. The maximum Gasteiger partial charge on any atom is 0.102 e. The Morgan fingerprint density at radius 3 is 2.86 bits per heavy atom. The average molecular weight is 201 g/mol. The van der Waals surface area contributed by atoms with Crippen LogP contribution in [0, 0.1) is 0 Å². The molecule has 3 nitrogen and oxygen atoms in total.